The number of aldehydes is 1. The molecule has 1 aliphatic rings. The normalized spacial score (nSPS) is 15.5. The van der Waals surface area contributed by atoms with Crippen molar-refractivity contribution in [2.75, 3.05) is 0 Å². The summed E-state index contributed by atoms with van der Waals surface area (Å²) in [7, 11) is 0. The first-order valence-corrected chi connectivity index (χ1v) is 11.2. The number of halogens is 1. The summed E-state index contributed by atoms with van der Waals surface area (Å²) in [6.07, 6.45) is 8.45. The Kier molecular flexibility index (Phi) is 7.65. The third kappa shape index (κ3) is 5.22. The van der Waals surface area contributed by atoms with Crippen LogP contribution >= 0.6 is 22.6 Å². The predicted octanol–water partition coefficient (Wildman–Crippen LogP) is 6.65. The van der Waals surface area contributed by atoms with Crippen molar-refractivity contribution in [2.45, 2.75) is 64.9 Å². The number of hydrogen-bond donors (Lipinski definition) is 0. The van der Waals surface area contributed by atoms with Gasteiger partial charge in [0.25, 0.3) is 0 Å². The molecule has 0 unspecified atom stereocenters. The minimum atomic E-state index is 0.464. The first-order valence-electron chi connectivity index (χ1n) is 10.2. The summed E-state index contributed by atoms with van der Waals surface area (Å²) in [6, 6.07) is 12.5. The second kappa shape index (κ2) is 10.2. The minimum Gasteiger partial charge on any atom is -0.391 e. The summed E-state index contributed by atoms with van der Waals surface area (Å²) in [5.74, 6) is 0.720. The molecule has 148 valence electrons. The molecule has 1 saturated carbocycles. The average molecular weight is 489 g/mol. The van der Waals surface area contributed by atoms with Crippen molar-refractivity contribution < 1.29 is 9.63 Å². The van der Waals surface area contributed by atoms with Crippen LogP contribution in [0.2, 0.25) is 0 Å². The number of aryl methyl sites for hydroxylation is 1. The van der Waals surface area contributed by atoms with Gasteiger partial charge in [0.1, 0.15) is 12.9 Å². The lowest BCUT2D eigenvalue weighted by atomic mass is 9.84. The van der Waals surface area contributed by atoms with Gasteiger partial charge in [0.15, 0.2) is 0 Å². The second-order valence-corrected chi connectivity index (χ2v) is 8.69. The Bertz CT molecular complexity index is 854. The first-order chi connectivity index (χ1) is 13.6. The Morgan fingerprint density at radius 3 is 2.64 bits per heavy atom. The van der Waals surface area contributed by atoms with Crippen LogP contribution < -0.4 is 0 Å². The van der Waals surface area contributed by atoms with Crippen LogP contribution in [-0.4, -0.2) is 12.0 Å². The van der Waals surface area contributed by atoms with Crippen LogP contribution in [0.25, 0.3) is 0 Å². The Hall–Kier alpha value is -1.69. The molecule has 2 aromatic rings. The van der Waals surface area contributed by atoms with Gasteiger partial charge in [-0.25, -0.2) is 0 Å². The van der Waals surface area contributed by atoms with E-state index in [1.807, 2.05) is 32.0 Å². The lowest BCUT2D eigenvalue weighted by Crippen LogP contribution is -2.06. The molecule has 4 heteroatoms. The SMILES string of the molecule is CCc1cc(/C(C)=N/OCc2ccc(C3CCCCC3)c(I)c2)ccc1C=O. The zero-order valence-electron chi connectivity index (χ0n) is 16.7. The van der Waals surface area contributed by atoms with Gasteiger partial charge in [-0.15, -0.1) is 0 Å². The molecule has 0 aliphatic heterocycles. The molecular weight excluding hydrogens is 461 g/mol. The summed E-state index contributed by atoms with van der Waals surface area (Å²) in [6.45, 7) is 4.45. The monoisotopic (exact) mass is 489 g/mol. The molecule has 1 fully saturated rings. The van der Waals surface area contributed by atoms with Crippen LogP contribution in [0.5, 0.6) is 0 Å². The maximum Gasteiger partial charge on any atom is 0.150 e. The molecule has 0 heterocycles. The molecule has 0 bridgehead atoms. The molecule has 28 heavy (non-hydrogen) atoms. The number of oxime groups is 1. The fourth-order valence-electron chi connectivity index (χ4n) is 3.91. The van der Waals surface area contributed by atoms with Gasteiger partial charge >= 0.3 is 0 Å². The highest BCUT2D eigenvalue weighted by atomic mass is 127. The van der Waals surface area contributed by atoms with E-state index in [0.29, 0.717) is 6.61 Å². The van der Waals surface area contributed by atoms with Crippen molar-refractivity contribution >= 4 is 34.6 Å². The van der Waals surface area contributed by atoms with Crippen molar-refractivity contribution in [2.24, 2.45) is 5.16 Å². The number of nitrogens with zero attached hydrogens (tertiary/aromatic N) is 1. The largest absolute Gasteiger partial charge is 0.391 e. The van der Waals surface area contributed by atoms with Gasteiger partial charge in [-0.3, -0.25) is 4.79 Å². The Morgan fingerprint density at radius 2 is 1.96 bits per heavy atom. The van der Waals surface area contributed by atoms with E-state index in [1.165, 1.54) is 41.2 Å². The van der Waals surface area contributed by atoms with E-state index in [0.717, 1.165) is 46.6 Å². The summed E-state index contributed by atoms with van der Waals surface area (Å²) < 4.78 is 1.34. The molecule has 3 nitrogen and oxygen atoms in total. The van der Waals surface area contributed by atoms with Crippen LogP contribution in [0.4, 0.5) is 0 Å². The summed E-state index contributed by atoms with van der Waals surface area (Å²) >= 11 is 2.46. The Labute approximate surface area is 181 Å². The van der Waals surface area contributed by atoms with Gasteiger partial charge in [-0.1, -0.05) is 55.6 Å². The average Bonchev–Trinajstić information content (AvgIpc) is 2.73. The van der Waals surface area contributed by atoms with Crippen molar-refractivity contribution in [3.05, 3.63) is 67.8 Å². The summed E-state index contributed by atoms with van der Waals surface area (Å²) in [5, 5.41) is 4.29. The standard InChI is InChI=1S/C24H28INO2/c1-3-19-14-21(10-11-22(19)15-27)17(2)26-28-16-18-9-12-23(24(25)13-18)20-7-5-4-6-8-20/h9-15,20H,3-8,16H2,1-2H3/b26-17+. The van der Waals surface area contributed by atoms with Crippen LogP contribution in [0.1, 0.15) is 84.5 Å². The zero-order valence-corrected chi connectivity index (χ0v) is 18.9. The molecule has 0 radical (unpaired) electrons. The number of rotatable bonds is 7. The second-order valence-electron chi connectivity index (χ2n) is 7.53. The van der Waals surface area contributed by atoms with Crippen molar-refractivity contribution in [1.82, 2.24) is 0 Å². The lowest BCUT2D eigenvalue weighted by molar-refractivity contribution is 0.112. The highest BCUT2D eigenvalue weighted by Gasteiger charge is 2.17. The van der Waals surface area contributed by atoms with E-state index in [2.05, 4.69) is 45.9 Å². The van der Waals surface area contributed by atoms with Crippen molar-refractivity contribution in [3.63, 3.8) is 0 Å². The highest BCUT2D eigenvalue weighted by molar-refractivity contribution is 14.1. The smallest absolute Gasteiger partial charge is 0.150 e. The number of hydrogen-bond acceptors (Lipinski definition) is 3. The maximum atomic E-state index is 11.1. The molecule has 3 rings (SSSR count). The fourth-order valence-corrected chi connectivity index (χ4v) is 4.93. The summed E-state index contributed by atoms with van der Waals surface area (Å²) in [4.78, 5) is 16.7. The third-order valence-electron chi connectivity index (χ3n) is 5.61. The predicted molar refractivity (Wildman–Crippen MR) is 123 cm³/mol. The molecule has 1 aliphatic carbocycles. The quantitative estimate of drug-likeness (QED) is 0.189. The van der Waals surface area contributed by atoms with E-state index in [1.54, 1.807) is 0 Å². The number of benzene rings is 2. The minimum absolute atomic E-state index is 0.464. The Morgan fingerprint density at radius 1 is 1.18 bits per heavy atom. The first kappa shape index (κ1) is 21.0. The van der Waals surface area contributed by atoms with E-state index >= 15 is 0 Å². The fraction of sp³-hybridized carbons (Fsp3) is 0.417. The van der Waals surface area contributed by atoms with Gasteiger partial charge in [0, 0.05) is 9.13 Å². The molecule has 0 aromatic heterocycles. The third-order valence-corrected chi connectivity index (χ3v) is 6.55. The van der Waals surface area contributed by atoms with Gasteiger partial charge < -0.3 is 4.84 Å². The lowest BCUT2D eigenvalue weighted by Gasteiger charge is -2.23. The summed E-state index contributed by atoms with van der Waals surface area (Å²) in [5.41, 5.74) is 6.23. The van der Waals surface area contributed by atoms with Gasteiger partial charge in [-0.2, -0.15) is 0 Å². The Balaban J connectivity index is 1.63. The van der Waals surface area contributed by atoms with Gasteiger partial charge in [0.2, 0.25) is 0 Å². The topological polar surface area (TPSA) is 38.7 Å². The molecule has 0 spiro atoms. The highest BCUT2D eigenvalue weighted by Crippen LogP contribution is 2.35. The molecule has 2 aromatic carbocycles. The molecule has 0 atom stereocenters. The van der Waals surface area contributed by atoms with Gasteiger partial charge in [-0.05, 0) is 89.1 Å². The number of carbonyl (C=O) groups excluding carboxylic acids is 1. The zero-order chi connectivity index (χ0) is 19.9. The number of carbonyl (C=O) groups is 1. The van der Waals surface area contributed by atoms with Crippen molar-refractivity contribution in [1.29, 1.82) is 0 Å². The van der Waals surface area contributed by atoms with E-state index in [9.17, 15) is 4.79 Å². The molecular formula is C24H28INO2. The van der Waals surface area contributed by atoms with Crippen LogP contribution in [0, 0.1) is 3.57 Å². The molecule has 0 saturated heterocycles. The van der Waals surface area contributed by atoms with E-state index < -0.39 is 0 Å². The van der Waals surface area contributed by atoms with Crippen molar-refractivity contribution in [3.8, 4) is 0 Å². The van der Waals surface area contributed by atoms with E-state index in [-0.39, 0.29) is 0 Å². The molecule has 0 N–H and O–H groups in total. The van der Waals surface area contributed by atoms with E-state index in [4.69, 9.17) is 4.84 Å². The van der Waals surface area contributed by atoms with Crippen LogP contribution in [0.3, 0.4) is 0 Å². The van der Waals surface area contributed by atoms with Crippen LogP contribution in [0.15, 0.2) is 41.6 Å². The maximum absolute atomic E-state index is 11.1. The van der Waals surface area contributed by atoms with Gasteiger partial charge in [0.05, 0.1) is 5.71 Å². The van der Waals surface area contributed by atoms with Crippen LogP contribution in [-0.2, 0) is 17.9 Å². The molecule has 0 amide bonds.